The zero-order chi connectivity index (χ0) is 17.4. The van der Waals surface area contributed by atoms with Gasteiger partial charge in [0.1, 0.15) is 0 Å². The molecule has 0 radical (unpaired) electrons. The van der Waals surface area contributed by atoms with Crippen molar-refractivity contribution in [2.24, 2.45) is 0 Å². The number of nitrogens with one attached hydrogen (secondary N) is 1. The summed E-state index contributed by atoms with van der Waals surface area (Å²) in [6.07, 6.45) is 6.29. The molecule has 1 aromatic heterocycles. The van der Waals surface area contributed by atoms with E-state index in [1.807, 2.05) is 21.8 Å². The van der Waals surface area contributed by atoms with E-state index in [4.69, 9.17) is 0 Å². The summed E-state index contributed by atoms with van der Waals surface area (Å²) in [5, 5.41) is 8.02. The fourth-order valence-corrected chi connectivity index (χ4v) is 4.14. The van der Waals surface area contributed by atoms with Gasteiger partial charge in [-0.1, -0.05) is 6.07 Å². The number of aryl methyl sites for hydroxylation is 2. The molecule has 1 saturated heterocycles. The lowest BCUT2D eigenvalue weighted by Crippen LogP contribution is -2.36. The molecule has 132 valence electrons. The summed E-state index contributed by atoms with van der Waals surface area (Å²) in [5.74, 6) is 0.0217. The van der Waals surface area contributed by atoms with Crippen molar-refractivity contribution in [1.29, 1.82) is 0 Å². The number of nitrogens with zero attached hydrogens (tertiary/aromatic N) is 3. The number of anilines is 1. The summed E-state index contributed by atoms with van der Waals surface area (Å²) in [7, 11) is 0. The maximum atomic E-state index is 13.1. The SMILES string of the molecule is Cc1cc(C)c2c(c1)N(C(=O)c1ccn(C3CCCNC3)n1)CCC2. The Hall–Kier alpha value is -2.14. The molecule has 1 aromatic carbocycles. The van der Waals surface area contributed by atoms with Gasteiger partial charge in [-0.15, -0.1) is 0 Å². The van der Waals surface area contributed by atoms with E-state index in [0.29, 0.717) is 11.7 Å². The number of piperidine rings is 1. The van der Waals surface area contributed by atoms with Gasteiger partial charge < -0.3 is 10.2 Å². The van der Waals surface area contributed by atoms with Gasteiger partial charge in [-0.3, -0.25) is 9.48 Å². The molecular formula is C20H26N4O. The number of hydrogen-bond donors (Lipinski definition) is 1. The number of hydrogen-bond acceptors (Lipinski definition) is 3. The van der Waals surface area contributed by atoms with Crippen LogP contribution in [0.4, 0.5) is 5.69 Å². The lowest BCUT2D eigenvalue weighted by molar-refractivity contribution is 0.0979. The van der Waals surface area contributed by atoms with E-state index in [-0.39, 0.29) is 5.91 Å². The maximum absolute atomic E-state index is 13.1. The molecule has 2 aromatic rings. The van der Waals surface area contributed by atoms with Gasteiger partial charge in [-0.25, -0.2) is 0 Å². The van der Waals surface area contributed by atoms with Crippen molar-refractivity contribution in [3.8, 4) is 0 Å². The topological polar surface area (TPSA) is 50.2 Å². The van der Waals surface area contributed by atoms with Crippen LogP contribution >= 0.6 is 0 Å². The van der Waals surface area contributed by atoms with Crippen LogP contribution in [0.25, 0.3) is 0 Å². The van der Waals surface area contributed by atoms with Gasteiger partial charge >= 0.3 is 0 Å². The number of carbonyl (C=O) groups excluding carboxylic acids is 1. The first kappa shape index (κ1) is 16.3. The van der Waals surface area contributed by atoms with Crippen LogP contribution < -0.4 is 10.2 Å². The zero-order valence-corrected chi connectivity index (χ0v) is 15.1. The van der Waals surface area contributed by atoms with E-state index in [0.717, 1.165) is 51.0 Å². The fraction of sp³-hybridized carbons (Fsp3) is 0.500. The summed E-state index contributed by atoms with van der Waals surface area (Å²) >= 11 is 0. The van der Waals surface area contributed by atoms with Crippen molar-refractivity contribution in [2.45, 2.75) is 45.6 Å². The third-order valence-electron chi connectivity index (χ3n) is 5.41. The van der Waals surface area contributed by atoms with Crippen LogP contribution in [0.2, 0.25) is 0 Å². The molecule has 1 N–H and O–H groups in total. The van der Waals surface area contributed by atoms with Gasteiger partial charge in [0.2, 0.25) is 0 Å². The Kier molecular flexibility index (Phi) is 4.34. The molecular weight excluding hydrogens is 312 g/mol. The van der Waals surface area contributed by atoms with Crippen LogP contribution in [0.3, 0.4) is 0 Å². The Bertz CT molecular complexity index is 789. The minimum Gasteiger partial charge on any atom is -0.315 e. The molecule has 5 heteroatoms. The lowest BCUT2D eigenvalue weighted by Gasteiger charge is -2.30. The molecule has 5 nitrogen and oxygen atoms in total. The molecule has 25 heavy (non-hydrogen) atoms. The minimum atomic E-state index is 0.0217. The van der Waals surface area contributed by atoms with Crippen LogP contribution in [-0.2, 0) is 6.42 Å². The molecule has 0 aliphatic carbocycles. The monoisotopic (exact) mass is 338 g/mol. The number of amides is 1. The molecule has 1 unspecified atom stereocenters. The highest BCUT2D eigenvalue weighted by molar-refractivity contribution is 6.05. The molecule has 0 saturated carbocycles. The van der Waals surface area contributed by atoms with E-state index < -0.39 is 0 Å². The highest BCUT2D eigenvalue weighted by Gasteiger charge is 2.27. The van der Waals surface area contributed by atoms with E-state index in [9.17, 15) is 4.79 Å². The average molecular weight is 338 g/mol. The van der Waals surface area contributed by atoms with Gasteiger partial charge in [-0.2, -0.15) is 5.10 Å². The van der Waals surface area contributed by atoms with Gasteiger partial charge in [0.05, 0.1) is 6.04 Å². The van der Waals surface area contributed by atoms with E-state index in [2.05, 4.69) is 36.4 Å². The largest absolute Gasteiger partial charge is 0.315 e. The van der Waals surface area contributed by atoms with Crippen molar-refractivity contribution in [1.82, 2.24) is 15.1 Å². The van der Waals surface area contributed by atoms with E-state index in [1.165, 1.54) is 16.7 Å². The Morgan fingerprint density at radius 2 is 2.16 bits per heavy atom. The predicted octanol–water partition coefficient (Wildman–Crippen LogP) is 3.02. The summed E-state index contributed by atoms with van der Waals surface area (Å²) < 4.78 is 1.96. The second-order valence-corrected chi connectivity index (χ2v) is 7.32. The van der Waals surface area contributed by atoms with Crippen LogP contribution in [0.15, 0.2) is 24.4 Å². The van der Waals surface area contributed by atoms with Crippen molar-refractivity contribution in [3.05, 3.63) is 46.8 Å². The number of benzene rings is 1. The highest BCUT2D eigenvalue weighted by atomic mass is 16.2. The molecule has 1 amide bonds. The first-order valence-corrected chi connectivity index (χ1v) is 9.31. The maximum Gasteiger partial charge on any atom is 0.278 e. The highest BCUT2D eigenvalue weighted by Crippen LogP contribution is 2.32. The number of fused-ring (bicyclic) bond motifs is 1. The van der Waals surface area contributed by atoms with Crippen LogP contribution in [-0.4, -0.2) is 35.3 Å². The van der Waals surface area contributed by atoms with E-state index in [1.54, 1.807) is 0 Å². The first-order chi connectivity index (χ1) is 12.1. The zero-order valence-electron chi connectivity index (χ0n) is 15.1. The van der Waals surface area contributed by atoms with Gasteiger partial charge in [0.15, 0.2) is 5.69 Å². The quantitative estimate of drug-likeness (QED) is 0.916. The first-order valence-electron chi connectivity index (χ1n) is 9.31. The van der Waals surface area contributed by atoms with Crippen LogP contribution in [0.5, 0.6) is 0 Å². The summed E-state index contributed by atoms with van der Waals surface area (Å²) in [5.41, 5.74) is 5.42. The van der Waals surface area contributed by atoms with Crippen LogP contribution in [0.1, 0.15) is 52.5 Å². The van der Waals surface area contributed by atoms with Crippen molar-refractivity contribution < 1.29 is 4.79 Å². The Labute approximate surface area is 149 Å². The van der Waals surface area contributed by atoms with E-state index >= 15 is 0 Å². The molecule has 0 spiro atoms. The summed E-state index contributed by atoms with van der Waals surface area (Å²) in [6.45, 7) is 7.01. The molecule has 0 bridgehead atoms. The smallest absolute Gasteiger partial charge is 0.278 e. The third kappa shape index (κ3) is 3.09. The molecule has 1 atom stereocenters. The summed E-state index contributed by atoms with van der Waals surface area (Å²) in [4.78, 5) is 15.0. The Morgan fingerprint density at radius 1 is 1.28 bits per heavy atom. The van der Waals surface area contributed by atoms with Crippen molar-refractivity contribution >= 4 is 11.6 Å². The average Bonchev–Trinajstić information content (AvgIpc) is 3.11. The number of carbonyl (C=O) groups is 1. The van der Waals surface area contributed by atoms with Crippen molar-refractivity contribution in [3.63, 3.8) is 0 Å². The van der Waals surface area contributed by atoms with Gasteiger partial charge in [0.25, 0.3) is 5.91 Å². The number of aromatic nitrogens is 2. The second kappa shape index (κ2) is 6.64. The van der Waals surface area contributed by atoms with Crippen LogP contribution in [0, 0.1) is 13.8 Å². The van der Waals surface area contributed by atoms with Gasteiger partial charge in [-0.05, 0) is 74.9 Å². The Morgan fingerprint density at radius 3 is 2.96 bits per heavy atom. The fourth-order valence-electron chi connectivity index (χ4n) is 4.14. The van der Waals surface area contributed by atoms with Gasteiger partial charge in [0, 0.05) is 25.0 Å². The summed E-state index contributed by atoms with van der Waals surface area (Å²) in [6, 6.07) is 6.57. The lowest BCUT2D eigenvalue weighted by atomic mass is 9.95. The molecule has 4 rings (SSSR count). The predicted molar refractivity (Wildman–Crippen MR) is 99.3 cm³/mol. The standard InChI is InChI=1S/C20H26N4O/c1-14-11-15(2)17-6-4-9-23(19(17)12-14)20(25)18-7-10-24(22-18)16-5-3-8-21-13-16/h7,10-12,16,21H,3-6,8-9,13H2,1-2H3. The molecule has 3 heterocycles. The normalized spacial score (nSPS) is 20.4. The molecule has 2 aliphatic rings. The number of rotatable bonds is 2. The van der Waals surface area contributed by atoms with Crippen molar-refractivity contribution in [2.75, 3.05) is 24.5 Å². The molecule has 1 fully saturated rings. The molecule has 2 aliphatic heterocycles. The second-order valence-electron chi connectivity index (χ2n) is 7.32. The Balaban J connectivity index is 1.61. The third-order valence-corrected chi connectivity index (χ3v) is 5.41. The minimum absolute atomic E-state index is 0.0217.